The summed E-state index contributed by atoms with van der Waals surface area (Å²) in [6.07, 6.45) is 4.80. The van der Waals surface area contributed by atoms with E-state index in [1.165, 1.54) is 0 Å². The second kappa shape index (κ2) is 8.12. The number of likely N-dealkylation sites (N-methyl/N-ethyl adjacent to an activating group) is 1. The molecule has 22 heavy (non-hydrogen) atoms. The van der Waals surface area contributed by atoms with E-state index in [9.17, 15) is 14.4 Å². The van der Waals surface area contributed by atoms with Crippen molar-refractivity contribution in [1.82, 2.24) is 20.4 Å². The lowest BCUT2D eigenvalue weighted by atomic mass is 10.1. The first-order chi connectivity index (χ1) is 10.6. The van der Waals surface area contributed by atoms with Crippen LogP contribution in [0.5, 0.6) is 0 Å². The minimum Gasteiger partial charge on any atom is -0.355 e. The first-order valence-electron chi connectivity index (χ1n) is 8.10. The summed E-state index contributed by atoms with van der Waals surface area (Å²) >= 11 is 0. The molecule has 2 saturated heterocycles. The summed E-state index contributed by atoms with van der Waals surface area (Å²) in [5, 5.41) is 5.52. The molecule has 0 bridgehead atoms. The van der Waals surface area contributed by atoms with Gasteiger partial charge in [-0.05, 0) is 39.2 Å². The van der Waals surface area contributed by atoms with Crippen molar-refractivity contribution in [3.8, 4) is 0 Å². The minimum atomic E-state index is -0.262. The Morgan fingerprint density at radius 2 is 2.00 bits per heavy atom. The van der Waals surface area contributed by atoms with E-state index in [1.54, 1.807) is 16.8 Å². The zero-order valence-corrected chi connectivity index (χ0v) is 13.3. The molecule has 7 heteroatoms. The molecule has 0 aliphatic carbocycles. The van der Waals surface area contributed by atoms with Gasteiger partial charge in [-0.3, -0.25) is 19.3 Å². The quantitative estimate of drug-likeness (QED) is 0.705. The molecule has 2 aliphatic heterocycles. The van der Waals surface area contributed by atoms with Crippen LogP contribution in [0.15, 0.2) is 0 Å². The van der Waals surface area contributed by atoms with E-state index < -0.39 is 0 Å². The fourth-order valence-corrected chi connectivity index (χ4v) is 2.99. The smallest absolute Gasteiger partial charge is 0.241 e. The summed E-state index contributed by atoms with van der Waals surface area (Å²) in [4.78, 5) is 39.3. The van der Waals surface area contributed by atoms with Gasteiger partial charge in [0.15, 0.2) is 0 Å². The molecule has 1 unspecified atom stereocenters. The lowest BCUT2D eigenvalue weighted by Crippen LogP contribution is -2.48. The van der Waals surface area contributed by atoms with Crippen LogP contribution in [-0.2, 0) is 14.4 Å². The number of likely N-dealkylation sites (tertiary alicyclic amines) is 1. The molecule has 0 radical (unpaired) electrons. The molecule has 2 fully saturated rings. The number of carbonyl (C=O) groups excluding carboxylic acids is 3. The van der Waals surface area contributed by atoms with Crippen molar-refractivity contribution in [2.75, 3.05) is 39.8 Å². The first-order valence-corrected chi connectivity index (χ1v) is 8.10. The normalized spacial score (nSPS) is 22.4. The predicted molar refractivity (Wildman–Crippen MR) is 82.1 cm³/mol. The maximum absolute atomic E-state index is 12.0. The van der Waals surface area contributed by atoms with E-state index in [0.29, 0.717) is 6.54 Å². The highest BCUT2D eigenvalue weighted by molar-refractivity contribution is 5.86. The second-order valence-electron chi connectivity index (χ2n) is 6.08. The number of nitrogens with one attached hydrogen (secondary N) is 2. The maximum atomic E-state index is 12.0. The molecule has 124 valence electrons. The number of amides is 3. The number of rotatable bonds is 5. The number of hydrogen-bond donors (Lipinski definition) is 2. The molecular weight excluding hydrogens is 284 g/mol. The fourth-order valence-electron chi connectivity index (χ4n) is 2.99. The Morgan fingerprint density at radius 1 is 1.27 bits per heavy atom. The molecule has 7 nitrogen and oxygen atoms in total. The zero-order chi connectivity index (χ0) is 15.9. The highest BCUT2D eigenvalue weighted by Gasteiger charge is 2.26. The number of nitrogens with zero attached hydrogens (tertiary/aromatic N) is 2. The van der Waals surface area contributed by atoms with E-state index in [1.807, 2.05) is 0 Å². The molecule has 0 spiro atoms. The lowest BCUT2D eigenvalue weighted by molar-refractivity contribution is -0.133. The van der Waals surface area contributed by atoms with Gasteiger partial charge in [-0.2, -0.15) is 0 Å². The summed E-state index contributed by atoms with van der Waals surface area (Å²) < 4.78 is 0. The van der Waals surface area contributed by atoms with Gasteiger partial charge in [-0.1, -0.05) is 0 Å². The summed E-state index contributed by atoms with van der Waals surface area (Å²) in [6, 6.07) is -0.262. The third-order valence-corrected chi connectivity index (χ3v) is 4.33. The predicted octanol–water partition coefficient (Wildman–Crippen LogP) is -0.674. The molecular formula is C15H26N4O3. The second-order valence-corrected chi connectivity index (χ2v) is 6.08. The Hall–Kier alpha value is -1.63. The Balaban J connectivity index is 1.73. The van der Waals surface area contributed by atoms with Crippen LogP contribution in [0.3, 0.4) is 0 Å². The van der Waals surface area contributed by atoms with E-state index >= 15 is 0 Å². The van der Waals surface area contributed by atoms with E-state index in [4.69, 9.17) is 0 Å². The van der Waals surface area contributed by atoms with Crippen molar-refractivity contribution >= 4 is 17.7 Å². The van der Waals surface area contributed by atoms with Crippen LogP contribution < -0.4 is 10.6 Å². The highest BCUT2D eigenvalue weighted by atomic mass is 16.2. The van der Waals surface area contributed by atoms with Gasteiger partial charge in [-0.25, -0.2) is 0 Å². The fraction of sp³-hybridized carbons (Fsp3) is 0.800. The van der Waals surface area contributed by atoms with Gasteiger partial charge in [0.2, 0.25) is 17.7 Å². The molecule has 2 N–H and O–H groups in total. The Bertz CT molecular complexity index is 421. The van der Waals surface area contributed by atoms with Crippen LogP contribution in [0.1, 0.15) is 32.1 Å². The van der Waals surface area contributed by atoms with Crippen LogP contribution in [0.2, 0.25) is 0 Å². The Kier molecular flexibility index (Phi) is 6.18. The standard InChI is InChI=1S/C15H26N4O3/c1-18(12-6-2-3-7-16-15(12)22)11-13(20)17-10-14(21)19-8-4-5-9-19/h12H,2-11H2,1H3,(H,16,22)(H,17,20). The van der Waals surface area contributed by atoms with Crippen LogP contribution in [-0.4, -0.2) is 73.3 Å². The summed E-state index contributed by atoms with van der Waals surface area (Å²) in [7, 11) is 1.78. The molecule has 0 aromatic rings. The average molecular weight is 310 g/mol. The van der Waals surface area contributed by atoms with E-state index in [2.05, 4.69) is 10.6 Å². The lowest BCUT2D eigenvalue weighted by Gasteiger charge is -2.25. The van der Waals surface area contributed by atoms with Gasteiger partial charge >= 0.3 is 0 Å². The van der Waals surface area contributed by atoms with Gasteiger partial charge in [0.1, 0.15) is 0 Å². The topological polar surface area (TPSA) is 81.8 Å². The van der Waals surface area contributed by atoms with E-state index in [-0.39, 0.29) is 36.9 Å². The van der Waals surface area contributed by atoms with Crippen molar-refractivity contribution in [3.05, 3.63) is 0 Å². The highest BCUT2D eigenvalue weighted by Crippen LogP contribution is 2.10. The van der Waals surface area contributed by atoms with Gasteiger partial charge < -0.3 is 15.5 Å². The minimum absolute atomic E-state index is 0.0130. The maximum Gasteiger partial charge on any atom is 0.241 e. The van der Waals surface area contributed by atoms with Crippen molar-refractivity contribution in [2.45, 2.75) is 38.1 Å². The van der Waals surface area contributed by atoms with Crippen molar-refractivity contribution in [2.24, 2.45) is 0 Å². The monoisotopic (exact) mass is 310 g/mol. The summed E-state index contributed by atoms with van der Waals surface area (Å²) in [6.45, 7) is 2.46. The van der Waals surface area contributed by atoms with Gasteiger partial charge in [0.05, 0.1) is 19.1 Å². The molecule has 1 atom stereocenters. The largest absolute Gasteiger partial charge is 0.355 e. The van der Waals surface area contributed by atoms with Gasteiger partial charge in [-0.15, -0.1) is 0 Å². The van der Waals surface area contributed by atoms with Crippen LogP contribution in [0.4, 0.5) is 0 Å². The molecule has 0 aromatic heterocycles. The third-order valence-electron chi connectivity index (χ3n) is 4.33. The summed E-state index contributed by atoms with van der Waals surface area (Å²) in [5.74, 6) is -0.256. The average Bonchev–Trinajstić information content (AvgIpc) is 2.94. The molecule has 2 aliphatic rings. The van der Waals surface area contributed by atoms with Gasteiger partial charge in [0.25, 0.3) is 0 Å². The third kappa shape index (κ3) is 4.69. The Labute approximate surface area is 131 Å². The molecule has 0 aromatic carbocycles. The van der Waals surface area contributed by atoms with E-state index in [0.717, 1.165) is 45.2 Å². The van der Waals surface area contributed by atoms with Crippen molar-refractivity contribution in [3.63, 3.8) is 0 Å². The molecule has 2 rings (SSSR count). The molecule has 3 amide bonds. The van der Waals surface area contributed by atoms with Crippen molar-refractivity contribution in [1.29, 1.82) is 0 Å². The number of carbonyl (C=O) groups is 3. The molecule has 2 heterocycles. The first kappa shape index (κ1) is 16.7. The molecule has 0 saturated carbocycles. The van der Waals surface area contributed by atoms with Gasteiger partial charge in [0, 0.05) is 19.6 Å². The van der Waals surface area contributed by atoms with Crippen LogP contribution in [0.25, 0.3) is 0 Å². The van der Waals surface area contributed by atoms with Crippen molar-refractivity contribution < 1.29 is 14.4 Å². The number of hydrogen-bond acceptors (Lipinski definition) is 4. The van der Waals surface area contributed by atoms with Crippen LogP contribution in [0, 0.1) is 0 Å². The Morgan fingerprint density at radius 3 is 2.73 bits per heavy atom. The zero-order valence-electron chi connectivity index (χ0n) is 13.3. The van der Waals surface area contributed by atoms with Crippen LogP contribution >= 0.6 is 0 Å². The SMILES string of the molecule is CN(CC(=O)NCC(=O)N1CCCC1)C1CCCCNC1=O. The summed E-state index contributed by atoms with van der Waals surface area (Å²) in [5.41, 5.74) is 0.